The summed E-state index contributed by atoms with van der Waals surface area (Å²) < 4.78 is 46.4. The molecule has 2 aromatic rings. The largest absolute Gasteiger partial charge is 0.441 e. The van der Waals surface area contributed by atoms with Crippen LogP contribution in [0.4, 0.5) is 13.2 Å². The van der Waals surface area contributed by atoms with Gasteiger partial charge in [-0.1, -0.05) is 22.8 Å². The Morgan fingerprint density at radius 2 is 2.04 bits per heavy atom. The van der Waals surface area contributed by atoms with Gasteiger partial charge < -0.3 is 0 Å². The number of hydrogen-bond donors (Lipinski definition) is 0. The maximum atomic E-state index is 13.9. The van der Waals surface area contributed by atoms with E-state index in [0.29, 0.717) is 12.8 Å². The van der Waals surface area contributed by atoms with Gasteiger partial charge in [0.05, 0.1) is 0 Å². The minimum absolute atomic E-state index is 0.00693. The lowest BCUT2D eigenvalue weighted by Crippen LogP contribution is -2.23. The van der Waals surface area contributed by atoms with Crippen LogP contribution in [0.25, 0.3) is 0 Å². The number of aromatic nitrogens is 2. The van der Waals surface area contributed by atoms with Crippen molar-refractivity contribution in [3.63, 3.8) is 0 Å². The molecule has 0 N–H and O–H groups in total. The quantitative estimate of drug-likeness (QED) is 0.840. The van der Waals surface area contributed by atoms with Gasteiger partial charge in [0.15, 0.2) is 5.82 Å². The van der Waals surface area contributed by atoms with Crippen molar-refractivity contribution in [1.82, 2.24) is 9.72 Å². The Bertz CT molecular complexity index is 814. The lowest BCUT2D eigenvalue weighted by atomic mass is 10.0. The summed E-state index contributed by atoms with van der Waals surface area (Å²) >= 11 is 6.00. The van der Waals surface area contributed by atoms with Crippen molar-refractivity contribution >= 4 is 11.6 Å². The van der Waals surface area contributed by atoms with Crippen LogP contribution in [0.2, 0.25) is 5.02 Å². The average molecular weight is 359 g/mol. The number of alkyl halides is 2. The summed E-state index contributed by atoms with van der Waals surface area (Å²) in [5.74, 6) is -4.60. The number of rotatable bonds is 4. The summed E-state index contributed by atoms with van der Waals surface area (Å²) in [6.07, 6.45) is 0.775. The molecule has 0 spiro atoms. The molecule has 0 bridgehead atoms. The predicted molar refractivity (Wildman–Crippen MR) is 79.6 cm³/mol. The lowest BCUT2D eigenvalue weighted by Gasteiger charge is -2.15. The number of halogens is 4. The first-order chi connectivity index (χ1) is 11.4. The van der Waals surface area contributed by atoms with E-state index in [0.717, 1.165) is 0 Å². The normalized spacial score (nSPS) is 27.2. The second-order valence-corrected chi connectivity index (χ2v) is 6.98. The Balaban J connectivity index is 1.53. The molecule has 2 unspecified atom stereocenters. The molecule has 0 saturated heterocycles. The van der Waals surface area contributed by atoms with Crippen LogP contribution in [0.1, 0.15) is 24.2 Å². The van der Waals surface area contributed by atoms with Gasteiger partial charge in [-0.3, -0.25) is 9.09 Å². The van der Waals surface area contributed by atoms with E-state index in [1.807, 2.05) is 0 Å². The summed E-state index contributed by atoms with van der Waals surface area (Å²) in [5.41, 5.74) is 0.224. The summed E-state index contributed by atoms with van der Waals surface area (Å²) in [6.45, 7) is 0.257. The molecule has 2 atom stereocenters. The van der Waals surface area contributed by atoms with E-state index in [-0.39, 0.29) is 35.3 Å². The Kier molecular flexibility index (Phi) is 3.53. The molecular formula is C16H14ClF3N2O2. The van der Waals surface area contributed by atoms with Crippen LogP contribution >= 0.6 is 11.6 Å². The second-order valence-electron chi connectivity index (χ2n) is 6.58. The monoisotopic (exact) mass is 358 g/mol. The van der Waals surface area contributed by atoms with Crippen LogP contribution in [0.3, 0.4) is 0 Å². The third-order valence-electron chi connectivity index (χ3n) is 5.14. The van der Waals surface area contributed by atoms with E-state index in [9.17, 15) is 18.0 Å². The fourth-order valence-electron chi connectivity index (χ4n) is 3.79. The topological polar surface area (TPSA) is 48.0 Å². The van der Waals surface area contributed by atoms with E-state index < -0.39 is 29.3 Å². The molecule has 2 aliphatic carbocycles. The summed E-state index contributed by atoms with van der Waals surface area (Å²) in [6, 6.07) is 4.31. The maximum absolute atomic E-state index is 13.9. The van der Waals surface area contributed by atoms with Crippen molar-refractivity contribution in [3.05, 3.63) is 51.0 Å². The highest BCUT2D eigenvalue weighted by atomic mass is 35.5. The molecule has 2 saturated carbocycles. The molecule has 128 valence electrons. The maximum Gasteiger partial charge on any atom is 0.441 e. The van der Waals surface area contributed by atoms with E-state index in [2.05, 4.69) is 9.68 Å². The second kappa shape index (κ2) is 5.37. The molecule has 0 radical (unpaired) electrons. The molecule has 1 aromatic heterocycles. The van der Waals surface area contributed by atoms with Gasteiger partial charge in [0, 0.05) is 35.4 Å². The van der Waals surface area contributed by atoms with Gasteiger partial charge >= 0.3 is 5.76 Å². The van der Waals surface area contributed by atoms with Gasteiger partial charge in [0.25, 0.3) is 5.92 Å². The van der Waals surface area contributed by atoms with Crippen molar-refractivity contribution in [2.45, 2.75) is 31.7 Å². The molecule has 1 aromatic carbocycles. The van der Waals surface area contributed by atoms with Crippen molar-refractivity contribution in [2.24, 2.45) is 17.8 Å². The van der Waals surface area contributed by atoms with Crippen LogP contribution in [0.5, 0.6) is 0 Å². The molecule has 2 aliphatic rings. The van der Waals surface area contributed by atoms with Crippen LogP contribution in [0, 0.1) is 23.6 Å². The highest BCUT2D eigenvalue weighted by Crippen LogP contribution is 2.65. The van der Waals surface area contributed by atoms with Crippen LogP contribution in [0.15, 0.2) is 27.5 Å². The Hall–Kier alpha value is -1.76. The first-order valence-corrected chi connectivity index (χ1v) is 8.11. The van der Waals surface area contributed by atoms with Crippen LogP contribution in [-0.2, 0) is 13.0 Å². The lowest BCUT2D eigenvalue weighted by molar-refractivity contribution is 0.0618. The van der Waals surface area contributed by atoms with E-state index in [1.54, 1.807) is 6.07 Å². The number of benzene rings is 1. The Labute approximate surface area is 140 Å². The van der Waals surface area contributed by atoms with Gasteiger partial charge in [-0.15, -0.1) is 0 Å². The number of hydrogen-bond acceptors (Lipinski definition) is 3. The fraction of sp³-hybridized carbons (Fsp3) is 0.500. The third kappa shape index (κ3) is 2.46. The van der Waals surface area contributed by atoms with Gasteiger partial charge in [-0.2, -0.15) is 0 Å². The fourth-order valence-corrected chi connectivity index (χ4v) is 4.02. The standard InChI is InChI=1S/C16H14ClF3N2O2/c17-12-2-1-3-13(18)9(12)6-14-21-24-15(23)22(14)7-8-4-10-11(5-8)16(10,19)20/h1-3,8,10-11H,4-7H2. The smallest absolute Gasteiger partial charge is 0.296 e. The molecule has 1 heterocycles. The first kappa shape index (κ1) is 15.7. The predicted octanol–water partition coefficient (Wildman–Crippen LogP) is 3.51. The molecule has 2 fully saturated rings. The van der Waals surface area contributed by atoms with Crippen molar-refractivity contribution < 1.29 is 17.7 Å². The minimum atomic E-state index is -2.54. The zero-order chi connectivity index (χ0) is 17.1. The van der Waals surface area contributed by atoms with E-state index in [4.69, 9.17) is 11.6 Å². The van der Waals surface area contributed by atoms with Crippen molar-refractivity contribution in [3.8, 4) is 0 Å². The summed E-state index contributed by atoms with van der Waals surface area (Å²) in [4.78, 5) is 11.9. The first-order valence-electron chi connectivity index (χ1n) is 7.74. The zero-order valence-electron chi connectivity index (χ0n) is 12.5. The third-order valence-corrected chi connectivity index (χ3v) is 5.49. The molecule has 0 amide bonds. The molecule has 8 heteroatoms. The summed E-state index contributed by atoms with van der Waals surface area (Å²) in [7, 11) is 0. The Morgan fingerprint density at radius 3 is 2.71 bits per heavy atom. The molecular weight excluding hydrogens is 345 g/mol. The van der Waals surface area contributed by atoms with Crippen LogP contribution in [-0.4, -0.2) is 15.6 Å². The van der Waals surface area contributed by atoms with Gasteiger partial charge in [0.2, 0.25) is 0 Å². The molecule has 4 nitrogen and oxygen atoms in total. The molecule has 0 aliphatic heterocycles. The Morgan fingerprint density at radius 1 is 1.33 bits per heavy atom. The van der Waals surface area contributed by atoms with Crippen LogP contribution < -0.4 is 5.76 Å². The SMILES string of the molecule is O=c1onc(Cc2c(F)cccc2Cl)n1CC1CC2C(C1)C2(F)F. The molecule has 24 heavy (non-hydrogen) atoms. The average Bonchev–Trinajstić information content (AvgIpc) is 2.90. The van der Waals surface area contributed by atoms with E-state index >= 15 is 0 Å². The van der Waals surface area contributed by atoms with Gasteiger partial charge in [-0.25, -0.2) is 18.0 Å². The minimum Gasteiger partial charge on any atom is -0.296 e. The number of nitrogens with zero attached hydrogens (tertiary/aromatic N) is 2. The summed E-state index contributed by atoms with van der Waals surface area (Å²) in [5, 5.41) is 3.93. The van der Waals surface area contributed by atoms with E-state index in [1.165, 1.54) is 16.7 Å². The highest BCUT2D eigenvalue weighted by molar-refractivity contribution is 6.31. The highest BCUT2D eigenvalue weighted by Gasteiger charge is 2.71. The van der Waals surface area contributed by atoms with Gasteiger partial charge in [-0.05, 0) is 30.9 Å². The van der Waals surface area contributed by atoms with Crippen molar-refractivity contribution in [1.29, 1.82) is 0 Å². The van der Waals surface area contributed by atoms with Gasteiger partial charge in [0.1, 0.15) is 5.82 Å². The van der Waals surface area contributed by atoms with Crippen molar-refractivity contribution in [2.75, 3.05) is 0 Å². The molecule has 4 rings (SSSR count). The zero-order valence-corrected chi connectivity index (χ0v) is 13.3. The number of fused-ring (bicyclic) bond motifs is 1.